The molecule has 0 spiro atoms. The average molecular weight is 700 g/mol. The van der Waals surface area contributed by atoms with E-state index in [1.165, 1.54) is 10.8 Å². The van der Waals surface area contributed by atoms with Gasteiger partial charge < -0.3 is 13.7 Å². The van der Waals surface area contributed by atoms with Crippen LogP contribution in [0.25, 0.3) is 98.5 Å². The summed E-state index contributed by atoms with van der Waals surface area (Å²) < 4.78 is 6.78. The number of fused-ring (bicyclic) bond motifs is 9. The number of nitrogens with zero attached hydrogens (tertiary/aromatic N) is 5. The van der Waals surface area contributed by atoms with Crippen molar-refractivity contribution in [1.29, 1.82) is 5.26 Å². The van der Waals surface area contributed by atoms with Gasteiger partial charge in [-0.2, -0.15) is 5.26 Å². The highest BCUT2D eigenvalue weighted by Gasteiger charge is 2.20. The molecule has 11 rings (SSSR count). The van der Waals surface area contributed by atoms with Gasteiger partial charge in [-0.25, -0.2) is 4.85 Å². The van der Waals surface area contributed by atoms with Crippen LogP contribution in [0.2, 0.25) is 0 Å². The molecule has 0 saturated carbocycles. The smallest absolute Gasteiger partial charge is 0.218 e. The average Bonchev–Trinajstić information content (AvgIpc) is 3.89. The van der Waals surface area contributed by atoms with Gasteiger partial charge in [-0.3, -0.25) is 0 Å². The van der Waals surface area contributed by atoms with E-state index in [0.717, 1.165) is 82.8 Å². The molecule has 0 N–H and O–H groups in total. The zero-order valence-electron chi connectivity index (χ0n) is 29.5. The van der Waals surface area contributed by atoms with Crippen molar-refractivity contribution in [2.24, 2.45) is 0 Å². The molecule has 0 aliphatic carbocycles. The molecular formula is C50H29N5. The minimum atomic E-state index is 0.587. The number of hydrogen-bond donors (Lipinski definition) is 0. The third kappa shape index (κ3) is 4.39. The number of rotatable bonds is 4. The lowest BCUT2D eigenvalue weighted by Gasteiger charge is -2.15. The molecule has 0 aliphatic heterocycles. The molecule has 254 valence electrons. The van der Waals surface area contributed by atoms with E-state index in [2.05, 4.69) is 170 Å². The topological polar surface area (TPSA) is 42.9 Å². The maximum Gasteiger partial charge on any atom is 0.218 e. The Morgan fingerprint density at radius 2 is 0.945 bits per heavy atom. The largest absolute Gasteiger partial charge is 0.319 e. The highest BCUT2D eigenvalue weighted by Crippen LogP contribution is 2.42. The summed E-state index contributed by atoms with van der Waals surface area (Å²) in [5.41, 5.74) is 12.2. The van der Waals surface area contributed by atoms with E-state index in [1.807, 2.05) is 30.3 Å². The van der Waals surface area contributed by atoms with Gasteiger partial charge in [0.25, 0.3) is 0 Å². The monoisotopic (exact) mass is 699 g/mol. The summed E-state index contributed by atoms with van der Waals surface area (Å²) in [6, 6.07) is 63.4. The van der Waals surface area contributed by atoms with Gasteiger partial charge in [0, 0.05) is 43.7 Å². The fourth-order valence-corrected chi connectivity index (χ4v) is 8.79. The Morgan fingerprint density at radius 1 is 0.436 bits per heavy atom. The van der Waals surface area contributed by atoms with E-state index >= 15 is 0 Å². The van der Waals surface area contributed by atoms with E-state index in [1.54, 1.807) is 0 Å². The van der Waals surface area contributed by atoms with E-state index < -0.39 is 0 Å². The normalized spacial score (nSPS) is 11.6. The Morgan fingerprint density at radius 3 is 1.56 bits per heavy atom. The van der Waals surface area contributed by atoms with Crippen LogP contribution in [0.1, 0.15) is 5.56 Å². The van der Waals surface area contributed by atoms with Crippen LogP contribution in [0, 0.1) is 17.9 Å². The van der Waals surface area contributed by atoms with E-state index in [-0.39, 0.29) is 0 Å². The van der Waals surface area contributed by atoms with Gasteiger partial charge >= 0.3 is 0 Å². The zero-order valence-corrected chi connectivity index (χ0v) is 29.5. The van der Waals surface area contributed by atoms with Crippen LogP contribution in [0.5, 0.6) is 0 Å². The first-order valence-corrected chi connectivity index (χ1v) is 18.3. The molecule has 11 aromatic rings. The van der Waals surface area contributed by atoms with Crippen molar-refractivity contribution in [3.8, 4) is 34.3 Å². The van der Waals surface area contributed by atoms with Crippen molar-refractivity contribution in [3.63, 3.8) is 0 Å². The molecule has 0 atom stereocenters. The van der Waals surface area contributed by atoms with Crippen LogP contribution in [-0.2, 0) is 0 Å². The Bertz CT molecular complexity index is 3400. The molecule has 0 saturated heterocycles. The third-order valence-corrected chi connectivity index (χ3v) is 11.1. The predicted octanol–water partition coefficient (Wildman–Crippen LogP) is 13.1. The second-order valence-corrected chi connectivity index (χ2v) is 13.9. The van der Waals surface area contributed by atoms with Crippen LogP contribution in [-0.4, -0.2) is 13.7 Å². The molecule has 0 aliphatic rings. The van der Waals surface area contributed by atoms with Crippen molar-refractivity contribution >= 4 is 71.1 Å². The lowest BCUT2D eigenvalue weighted by Crippen LogP contribution is -1.98. The van der Waals surface area contributed by atoms with Crippen molar-refractivity contribution in [2.75, 3.05) is 0 Å². The Kier molecular flexibility index (Phi) is 6.61. The standard InChI is InChI=1S/C50H29N5/c1-52-49-36(32-24-26-34(27-25-32)54-45-21-8-5-16-40(45)42-18-10-12-33(31-51)50(42)54)17-11-23-47(49)55-46-22-9-4-15-39(46)41-29-28-35(30-48(41)55)53-43-19-6-2-13-37(43)38-14-3-7-20-44(38)53/h2-30H. The molecule has 0 fully saturated rings. The van der Waals surface area contributed by atoms with Gasteiger partial charge in [0.05, 0.1) is 50.9 Å². The Balaban J connectivity index is 1.10. The Labute approximate surface area is 316 Å². The second-order valence-electron chi connectivity index (χ2n) is 13.9. The zero-order chi connectivity index (χ0) is 36.6. The van der Waals surface area contributed by atoms with Gasteiger partial charge in [0.1, 0.15) is 6.07 Å². The van der Waals surface area contributed by atoms with Gasteiger partial charge in [-0.1, -0.05) is 115 Å². The van der Waals surface area contributed by atoms with Crippen molar-refractivity contribution in [1.82, 2.24) is 13.7 Å². The minimum Gasteiger partial charge on any atom is -0.319 e. The first-order chi connectivity index (χ1) is 27.2. The molecule has 3 heterocycles. The van der Waals surface area contributed by atoms with Crippen molar-refractivity contribution in [2.45, 2.75) is 0 Å². The highest BCUT2D eigenvalue weighted by atomic mass is 15.0. The molecule has 5 heteroatoms. The maximum atomic E-state index is 10.1. The van der Waals surface area contributed by atoms with Crippen LogP contribution >= 0.6 is 0 Å². The number of hydrogen-bond acceptors (Lipinski definition) is 1. The number of para-hydroxylation sites is 6. The molecule has 0 bridgehead atoms. The molecule has 5 nitrogen and oxygen atoms in total. The van der Waals surface area contributed by atoms with Gasteiger partial charge in [-0.05, 0) is 71.8 Å². The number of benzene rings is 8. The minimum absolute atomic E-state index is 0.587. The fourth-order valence-electron chi connectivity index (χ4n) is 8.79. The summed E-state index contributed by atoms with van der Waals surface area (Å²) in [5.74, 6) is 0. The van der Waals surface area contributed by atoms with Crippen LogP contribution < -0.4 is 0 Å². The van der Waals surface area contributed by atoms with Crippen molar-refractivity contribution in [3.05, 3.63) is 193 Å². The molecule has 0 radical (unpaired) electrons. The summed E-state index contributed by atoms with van der Waals surface area (Å²) in [5, 5.41) is 16.9. The Hall–Kier alpha value is -7.86. The van der Waals surface area contributed by atoms with Gasteiger partial charge in [-0.15, -0.1) is 0 Å². The van der Waals surface area contributed by atoms with Gasteiger partial charge in [0.2, 0.25) is 5.69 Å². The van der Waals surface area contributed by atoms with E-state index in [9.17, 15) is 5.26 Å². The molecule has 3 aromatic heterocycles. The third-order valence-electron chi connectivity index (χ3n) is 11.1. The molecular weight excluding hydrogens is 671 g/mol. The number of aromatic nitrogens is 3. The summed E-state index contributed by atoms with van der Waals surface area (Å²) >= 11 is 0. The summed E-state index contributed by atoms with van der Waals surface area (Å²) in [6.45, 7) is 8.58. The molecule has 8 aromatic carbocycles. The SMILES string of the molecule is [C-]#[N+]c1c(-c2ccc(-n3c4ccccc4c4cccc(C#N)c43)cc2)cccc1-n1c2ccccc2c2ccc(-n3c4ccccc4c4ccccc43)cc21. The lowest BCUT2D eigenvalue weighted by molar-refractivity contribution is 1.16. The highest BCUT2D eigenvalue weighted by molar-refractivity contribution is 6.13. The predicted molar refractivity (Wildman–Crippen MR) is 226 cm³/mol. The molecule has 0 amide bonds. The quantitative estimate of drug-likeness (QED) is 0.169. The van der Waals surface area contributed by atoms with Crippen LogP contribution in [0.4, 0.5) is 5.69 Å². The van der Waals surface area contributed by atoms with Crippen molar-refractivity contribution < 1.29 is 0 Å². The van der Waals surface area contributed by atoms with E-state index in [4.69, 9.17) is 6.57 Å². The lowest BCUT2D eigenvalue weighted by atomic mass is 10.0. The summed E-state index contributed by atoms with van der Waals surface area (Å²) in [7, 11) is 0. The fraction of sp³-hybridized carbons (Fsp3) is 0. The second kappa shape index (κ2) is 11.8. The summed E-state index contributed by atoms with van der Waals surface area (Å²) in [6.07, 6.45) is 0. The summed E-state index contributed by atoms with van der Waals surface area (Å²) in [4.78, 5) is 4.23. The van der Waals surface area contributed by atoms with E-state index in [0.29, 0.717) is 11.3 Å². The molecule has 0 unspecified atom stereocenters. The van der Waals surface area contributed by atoms with Gasteiger partial charge in [0.15, 0.2) is 0 Å². The van der Waals surface area contributed by atoms with Crippen LogP contribution in [0.3, 0.4) is 0 Å². The first kappa shape index (κ1) is 30.7. The molecule has 55 heavy (non-hydrogen) atoms. The maximum absolute atomic E-state index is 10.1. The van der Waals surface area contributed by atoms with Crippen LogP contribution in [0.15, 0.2) is 176 Å². The number of nitriles is 1. The first-order valence-electron chi connectivity index (χ1n) is 18.3.